The van der Waals surface area contributed by atoms with Gasteiger partial charge >= 0.3 is 0 Å². The van der Waals surface area contributed by atoms with Crippen LogP contribution in [-0.2, 0) is 0 Å². The molecule has 0 unspecified atom stereocenters. The molecule has 6 aromatic carbocycles. The summed E-state index contributed by atoms with van der Waals surface area (Å²) in [7, 11) is 0. The van der Waals surface area contributed by atoms with Gasteiger partial charge < -0.3 is 30.6 Å². The predicted molar refractivity (Wildman–Crippen MR) is 234 cm³/mol. The summed E-state index contributed by atoms with van der Waals surface area (Å²) in [5.74, 6) is -0.802. The van der Waals surface area contributed by atoms with Gasteiger partial charge in [0.2, 0.25) is 0 Å². The van der Waals surface area contributed by atoms with Crippen molar-refractivity contribution in [2.24, 2.45) is 9.98 Å². The van der Waals surface area contributed by atoms with E-state index in [2.05, 4.69) is 9.98 Å². The molecule has 0 fully saturated rings. The Hall–Kier alpha value is -5.32. The predicted octanol–water partition coefficient (Wildman–Crippen LogP) is 11.2. The Labute approximate surface area is 336 Å². The fourth-order valence-electron chi connectivity index (χ4n) is 7.40. The second-order valence-corrected chi connectivity index (χ2v) is 16.8. The minimum Gasteiger partial charge on any atom is -0.507 e. The molecule has 6 N–H and O–H groups in total. The number of aryl methyl sites for hydroxylation is 2. The van der Waals surface area contributed by atoms with Crippen LogP contribution in [0.2, 0.25) is 0 Å². The van der Waals surface area contributed by atoms with Gasteiger partial charge in [0.1, 0.15) is 11.5 Å². The SMILES string of the molecule is Cc1cc2c(C(C)C)c(O)c(O)c(C=NCCSc3ccccc3)c2c(O)c1-c1c(C)cc2c(C(C)C)c(O)c(O)c(C=NCCSc3ccccc3)c2c1O. The monoisotopic (exact) mass is 788 g/mol. The van der Waals surface area contributed by atoms with Crippen LogP contribution in [0, 0.1) is 13.8 Å². The quantitative estimate of drug-likeness (QED) is 0.0293. The maximum Gasteiger partial charge on any atom is 0.167 e. The molecule has 6 aromatic rings. The van der Waals surface area contributed by atoms with E-state index in [0.29, 0.717) is 68.7 Å². The number of aromatic hydroxyl groups is 6. The van der Waals surface area contributed by atoms with Crippen LogP contribution in [0.15, 0.2) is 92.6 Å². The summed E-state index contributed by atoms with van der Waals surface area (Å²) < 4.78 is 0. The molecule has 0 aliphatic carbocycles. The first kappa shape index (κ1) is 40.3. The van der Waals surface area contributed by atoms with Crippen LogP contribution < -0.4 is 0 Å². The standard InChI is InChI=1S/C46H48N2O6S2/c1-25(2)35-31-21-27(5)37(43(51)39(31)33(41(49)45(35)53)23-47-17-19-55-29-13-9-7-10-14-29)38-28(6)22-32-36(26(3)4)46(54)42(50)34(40(32)44(38)52)24-48-18-20-56-30-15-11-8-12-16-30/h7-16,21-26,49-54H,17-20H2,1-6H3. The average Bonchev–Trinajstić information content (AvgIpc) is 3.16. The molecule has 0 bridgehead atoms. The molecule has 0 saturated heterocycles. The number of fused-ring (bicyclic) bond motifs is 2. The summed E-state index contributed by atoms with van der Waals surface area (Å²) in [5, 5.41) is 71.9. The van der Waals surface area contributed by atoms with Crippen LogP contribution >= 0.6 is 23.5 Å². The van der Waals surface area contributed by atoms with E-state index in [4.69, 9.17) is 0 Å². The highest BCUT2D eigenvalue weighted by atomic mass is 32.2. The van der Waals surface area contributed by atoms with Gasteiger partial charge in [-0.3, -0.25) is 9.98 Å². The van der Waals surface area contributed by atoms with Crippen molar-refractivity contribution in [1.82, 2.24) is 0 Å². The minimum absolute atomic E-state index is 0.161. The number of benzene rings is 6. The van der Waals surface area contributed by atoms with E-state index in [0.717, 1.165) is 9.79 Å². The van der Waals surface area contributed by atoms with Gasteiger partial charge in [-0.25, -0.2) is 0 Å². The first-order chi connectivity index (χ1) is 26.8. The smallest absolute Gasteiger partial charge is 0.167 e. The molecule has 0 spiro atoms. The van der Waals surface area contributed by atoms with Crippen molar-refractivity contribution >= 4 is 57.5 Å². The third kappa shape index (κ3) is 7.86. The molecule has 0 atom stereocenters. The van der Waals surface area contributed by atoms with E-state index in [1.165, 1.54) is 12.4 Å². The molecular formula is C46H48N2O6S2. The molecule has 0 aromatic heterocycles. The molecule has 0 radical (unpaired) electrons. The van der Waals surface area contributed by atoms with Gasteiger partial charge in [-0.05, 0) is 71.8 Å². The van der Waals surface area contributed by atoms with E-state index >= 15 is 0 Å². The van der Waals surface area contributed by atoms with E-state index in [1.54, 1.807) is 23.5 Å². The number of phenolic OH excluding ortho intramolecular Hbond substituents is 6. The van der Waals surface area contributed by atoms with Gasteiger partial charge in [-0.15, -0.1) is 23.5 Å². The number of nitrogens with zero attached hydrogens (tertiary/aromatic N) is 2. The van der Waals surface area contributed by atoms with Crippen LogP contribution in [0.3, 0.4) is 0 Å². The molecule has 6 rings (SSSR count). The first-order valence-electron chi connectivity index (χ1n) is 18.7. The third-order valence-corrected chi connectivity index (χ3v) is 11.9. The largest absolute Gasteiger partial charge is 0.507 e. The molecule has 56 heavy (non-hydrogen) atoms. The molecule has 0 amide bonds. The lowest BCUT2D eigenvalue weighted by atomic mass is 9.83. The first-order valence-corrected chi connectivity index (χ1v) is 20.6. The minimum atomic E-state index is -0.392. The Balaban J connectivity index is 1.52. The number of aliphatic imine (C=N–C) groups is 2. The van der Waals surface area contributed by atoms with Crippen molar-refractivity contribution in [2.75, 3.05) is 24.6 Å². The van der Waals surface area contributed by atoms with Gasteiger partial charge in [0, 0.05) is 91.0 Å². The molecule has 0 aliphatic heterocycles. The fourth-order valence-corrected chi connectivity index (χ4v) is 8.97. The summed E-state index contributed by atoms with van der Waals surface area (Å²) in [6.45, 7) is 12.1. The van der Waals surface area contributed by atoms with Gasteiger partial charge in [0.15, 0.2) is 23.0 Å². The maximum atomic E-state index is 12.4. The number of thioether (sulfide) groups is 2. The van der Waals surface area contributed by atoms with Crippen LogP contribution in [0.25, 0.3) is 32.7 Å². The van der Waals surface area contributed by atoms with Gasteiger partial charge in [-0.1, -0.05) is 76.2 Å². The lowest BCUT2D eigenvalue weighted by molar-refractivity contribution is 0.398. The van der Waals surface area contributed by atoms with E-state index < -0.39 is 11.5 Å². The Morgan fingerprint density at radius 2 is 0.875 bits per heavy atom. The van der Waals surface area contributed by atoms with Crippen LogP contribution in [-0.4, -0.2) is 67.7 Å². The third-order valence-electron chi connectivity index (χ3n) is 9.89. The summed E-state index contributed by atoms with van der Waals surface area (Å²) in [6, 6.07) is 23.6. The molecule has 0 saturated carbocycles. The molecule has 0 heterocycles. The summed E-state index contributed by atoms with van der Waals surface area (Å²) in [5.41, 5.74) is 3.15. The van der Waals surface area contributed by atoms with Crippen molar-refractivity contribution in [3.8, 4) is 45.6 Å². The average molecular weight is 789 g/mol. The van der Waals surface area contributed by atoms with E-state index in [-0.39, 0.29) is 56.7 Å². The fraction of sp³-hybridized carbons (Fsp3) is 0.261. The van der Waals surface area contributed by atoms with E-state index in [1.807, 2.05) is 114 Å². The Kier molecular flexibility index (Phi) is 12.4. The van der Waals surface area contributed by atoms with Crippen molar-refractivity contribution in [3.05, 3.63) is 106 Å². The van der Waals surface area contributed by atoms with Gasteiger partial charge in [-0.2, -0.15) is 0 Å². The molecule has 10 heteroatoms. The topological polar surface area (TPSA) is 146 Å². The van der Waals surface area contributed by atoms with Crippen LogP contribution in [0.4, 0.5) is 0 Å². The highest BCUT2D eigenvalue weighted by Gasteiger charge is 2.29. The van der Waals surface area contributed by atoms with Crippen LogP contribution in [0.1, 0.15) is 72.9 Å². The molecule has 8 nitrogen and oxygen atoms in total. The number of hydrogen-bond acceptors (Lipinski definition) is 10. The van der Waals surface area contributed by atoms with Gasteiger partial charge in [0.05, 0.1) is 0 Å². The Morgan fingerprint density at radius 1 is 0.518 bits per heavy atom. The second-order valence-electron chi connectivity index (χ2n) is 14.4. The normalized spacial score (nSPS) is 12.1. The van der Waals surface area contributed by atoms with Crippen molar-refractivity contribution in [1.29, 1.82) is 0 Å². The summed E-state index contributed by atoms with van der Waals surface area (Å²) >= 11 is 3.29. The number of rotatable bonds is 13. The zero-order valence-corrected chi connectivity index (χ0v) is 34.1. The molecular weight excluding hydrogens is 741 g/mol. The maximum absolute atomic E-state index is 12.4. The van der Waals surface area contributed by atoms with Crippen molar-refractivity contribution in [2.45, 2.75) is 63.2 Å². The zero-order chi connectivity index (χ0) is 40.3. The van der Waals surface area contributed by atoms with E-state index in [9.17, 15) is 30.6 Å². The highest BCUT2D eigenvalue weighted by molar-refractivity contribution is 7.99. The lowest BCUT2D eigenvalue weighted by Crippen LogP contribution is -2.01. The second kappa shape index (κ2) is 17.2. The number of hydrogen-bond donors (Lipinski definition) is 6. The lowest BCUT2D eigenvalue weighted by Gasteiger charge is -2.23. The summed E-state index contributed by atoms with van der Waals surface area (Å²) in [6.07, 6.45) is 2.97. The molecule has 290 valence electrons. The Bertz CT molecular complexity index is 2290. The van der Waals surface area contributed by atoms with Crippen molar-refractivity contribution in [3.63, 3.8) is 0 Å². The number of phenols is 6. The Morgan fingerprint density at radius 3 is 1.21 bits per heavy atom. The van der Waals surface area contributed by atoms with Gasteiger partial charge in [0.25, 0.3) is 0 Å². The molecule has 0 aliphatic rings. The highest BCUT2D eigenvalue weighted by Crippen LogP contribution is 2.54. The summed E-state index contributed by atoms with van der Waals surface area (Å²) in [4.78, 5) is 11.4. The van der Waals surface area contributed by atoms with Crippen LogP contribution in [0.5, 0.6) is 34.5 Å². The zero-order valence-electron chi connectivity index (χ0n) is 32.5. The van der Waals surface area contributed by atoms with Crippen molar-refractivity contribution < 1.29 is 30.6 Å².